The summed E-state index contributed by atoms with van der Waals surface area (Å²) in [7, 11) is -3.65. The summed E-state index contributed by atoms with van der Waals surface area (Å²) in [6.45, 7) is 6.78. The molecule has 8 nitrogen and oxygen atoms in total. The molecule has 0 aliphatic rings. The lowest BCUT2D eigenvalue weighted by atomic mass is 10.2. The summed E-state index contributed by atoms with van der Waals surface area (Å²) >= 11 is 1.26. The van der Waals surface area contributed by atoms with Crippen molar-refractivity contribution < 1.29 is 17.6 Å². The van der Waals surface area contributed by atoms with Gasteiger partial charge in [0.1, 0.15) is 17.2 Å². The molecule has 1 N–H and O–H groups in total. The van der Waals surface area contributed by atoms with Crippen molar-refractivity contribution in [2.45, 2.75) is 51.3 Å². The largest absolute Gasteiger partial charge is 0.306 e. The summed E-state index contributed by atoms with van der Waals surface area (Å²) < 4.78 is 44.2. The van der Waals surface area contributed by atoms with Crippen molar-refractivity contribution in [1.29, 1.82) is 0 Å². The number of carbonyl (C=O) groups is 1. The summed E-state index contributed by atoms with van der Waals surface area (Å²) in [4.78, 5) is 17.5. The molecule has 2 aromatic heterocycles. The minimum Gasteiger partial charge on any atom is -0.306 e. The van der Waals surface area contributed by atoms with Crippen LogP contribution in [0.25, 0.3) is 15.3 Å². The number of benzene rings is 2. The fraction of sp³-hybridized carbons (Fsp3) is 0.346. The van der Waals surface area contributed by atoms with Crippen LogP contribution in [0.5, 0.6) is 0 Å². The zero-order valence-electron chi connectivity index (χ0n) is 21.1. The van der Waals surface area contributed by atoms with E-state index in [-0.39, 0.29) is 10.4 Å². The molecule has 0 aliphatic heterocycles. The van der Waals surface area contributed by atoms with Crippen LogP contribution in [-0.4, -0.2) is 46.5 Å². The SMILES string of the molecule is CCCCN(CCCC)S(=O)(=O)c1ccc(C(=O)Nc2cc(C)nn2-c2nc3c(F)cccc3s2)cc1. The molecule has 0 atom stereocenters. The number of fused-ring (bicyclic) bond motifs is 1. The first-order valence-corrected chi connectivity index (χ1v) is 14.5. The molecule has 0 saturated carbocycles. The highest BCUT2D eigenvalue weighted by molar-refractivity contribution is 7.89. The van der Waals surface area contributed by atoms with E-state index in [1.165, 1.54) is 50.7 Å². The highest BCUT2D eigenvalue weighted by Gasteiger charge is 2.24. The lowest BCUT2D eigenvalue weighted by Crippen LogP contribution is -2.33. The van der Waals surface area contributed by atoms with Gasteiger partial charge in [0, 0.05) is 24.7 Å². The van der Waals surface area contributed by atoms with Crippen LogP contribution in [0.1, 0.15) is 55.6 Å². The number of sulfonamides is 1. The molecule has 0 fully saturated rings. The molecule has 2 heterocycles. The van der Waals surface area contributed by atoms with Gasteiger partial charge in [0.05, 0.1) is 15.3 Å². The summed E-state index contributed by atoms with van der Waals surface area (Å²) in [6.07, 6.45) is 3.38. The number of unbranched alkanes of at least 4 members (excludes halogenated alkanes) is 2. The van der Waals surface area contributed by atoms with Gasteiger partial charge in [-0.15, -0.1) is 0 Å². The van der Waals surface area contributed by atoms with Crippen molar-refractivity contribution in [3.05, 3.63) is 65.6 Å². The Morgan fingerprint density at radius 1 is 1.08 bits per heavy atom. The van der Waals surface area contributed by atoms with Crippen LogP contribution in [0.15, 0.2) is 53.4 Å². The maximum absolute atomic E-state index is 14.1. The number of aryl methyl sites for hydroxylation is 1. The second-order valence-corrected chi connectivity index (χ2v) is 11.7. The van der Waals surface area contributed by atoms with Crippen LogP contribution in [0.4, 0.5) is 10.2 Å². The van der Waals surface area contributed by atoms with Gasteiger partial charge in [-0.3, -0.25) is 4.79 Å². The van der Waals surface area contributed by atoms with Crippen LogP contribution in [0.3, 0.4) is 0 Å². The van der Waals surface area contributed by atoms with Gasteiger partial charge in [-0.1, -0.05) is 44.1 Å². The average molecular weight is 544 g/mol. The smallest absolute Gasteiger partial charge is 0.256 e. The molecular formula is C26H30FN5O3S2. The Labute approximate surface area is 220 Å². The Bertz CT molecular complexity index is 1490. The second kappa shape index (κ2) is 11.5. The number of carbonyl (C=O) groups excluding carboxylic acids is 1. The van der Waals surface area contributed by atoms with E-state index in [9.17, 15) is 17.6 Å². The molecule has 37 heavy (non-hydrogen) atoms. The highest BCUT2D eigenvalue weighted by Crippen LogP contribution is 2.29. The number of para-hydroxylation sites is 1. The number of anilines is 1. The lowest BCUT2D eigenvalue weighted by Gasteiger charge is -2.22. The first-order chi connectivity index (χ1) is 17.7. The van der Waals surface area contributed by atoms with E-state index < -0.39 is 21.7 Å². The fourth-order valence-electron chi connectivity index (χ4n) is 3.87. The van der Waals surface area contributed by atoms with E-state index in [4.69, 9.17) is 0 Å². The van der Waals surface area contributed by atoms with Gasteiger partial charge in [-0.05, 0) is 56.2 Å². The maximum Gasteiger partial charge on any atom is 0.256 e. The third-order valence-corrected chi connectivity index (χ3v) is 8.80. The number of rotatable bonds is 11. The fourth-order valence-corrected chi connectivity index (χ4v) is 6.33. The third-order valence-electron chi connectivity index (χ3n) is 5.89. The average Bonchev–Trinajstić information content (AvgIpc) is 3.48. The molecule has 2 aromatic carbocycles. The monoisotopic (exact) mass is 543 g/mol. The molecule has 0 radical (unpaired) electrons. The molecule has 0 bridgehead atoms. The van der Waals surface area contributed by atoms with Crippen LogP contribution >= 0.6 is 11.3 Å². The van der Waals surface area contributed by atoms with Crippen LogP contribution in [-0.2, 0) is 10.0 Å². The predicted octanol–water partition coefficient (Wildman–Crippen LogP) is 5.77. The first kappa shape index (κ1) is 26.9. The molecule has 4 aromatic rings. The lowest BCUT2D eigenvalue weighted by molar-refractivity contribution is 0.102. The van der Waals surface area contributed by atoms with Gasteiger partial charge >= 0.3 is 0 Å². The minimum atomic E-state index is -3.65. The molecule has 0 saturated heterocycles. The Morgan fingerprint density at radius 3 is 2.38 bits per heavy atom. The molecule has 0 unspecified atom stereocenters. The second-order valence-electron chi connectivity index (χ2n) is 8.76. The number of nitrogens with zero attached hydrogens (tertiary/aromatic N) is 4. The Morgan fingerprint density at radius 2 is 1.76 bits per heavy atom. The van der Waals surface area contributed by atoms with E-state index >= 15 is 0 Å². The van der Waals surface area contributed by atoms with E-state index in [1.807, 2.05) is 13.8 Å². The molecular weight excluding hydrogens is 513 g/mol. The number of hydrogen-bond donors (Lipinski definition) is 1. The van der Waals surface area contributed by atoms with Gasteiger partial charge < -0.3 is 5.32 Å². The molecule has 11 heteroatoms. The van der Waals surface area contributed by atoms with Gasteiger partial charge in [0.2, 0.25) is 15.2 Å². The quantitative estimate of drug-likeness (QED) is 0.259. The van der Waals surface area contributed by atoms with Crippen LogP contribution in [0, 0.1) is 12.7 Å². The van der Waals surface area contributed by atoms with E-state index in [1.54, 1.807) is 25.1 Å². The van der Waals surface area contributed by atoms with Gasteiger partial charge in [0.15, 0.2) is 0 Å². The Hall–Kier alpha value is -3.15. The van der Waals surface area contributed by atoms with Crippen molar-refractivity contribution in [2.75, 3.05) is 18.4 Å². The van der Waals surface area contributed by atoms with Gasteiger partial charge in [0.25, 0.3) is 5.91 Å². The van der Waals surface area contributed by atoms with Crippen LogP contribution < -0.4 is 5.32 Å². The van der Waals surface area contributed by atoms with Crippen LogP contribution in [0.2, 0.25) is 0 Å². The van der Waals surface area contributed by atoms with Gasteiger partial charge in [-0.2, -0.15) is 14.1 Å². The summed E-state index contributed by atoms with van der Waals surface area (Å²) in [5, 5.41) is 7.65. The summed E-state index contributed by atoms with van der Waals surface area (Å²) in [6, 6.07) is 12.4. The summed E-state index contributed by atoms with van der Waals surface area (Å²) in [5.41, 5.74) is 1.20. The molecule has 4 rings (SSSR count). The van der Waals surface area contributed by atoms with E-state index in [2.05, 4.69) is 15.4 Å². The Balaban J connectivity index is 1.55. The third kappa shape index (κ3) is 5.89. The summed E-state index contributed by atoms with van der Waals surface area (Å²) in [5.74, 6) is -0.470. The zero-order valence-corrected chi connectivity index (χ0v) is 22.7. The molecule has 0 aliphatic carbocycles. The van der Waals surface area contributed by atoms with Crippen molar-refractivity contribution >= 4 is 43.3 Å². The predicted molar refractivity (Wildman–Crippen MR) is 144 cm³/mol. The molecule has 1 amide bonds. The van der Waals surface area contributed by atoms with Crippen molar-refractivity contribution in [3.8, 4) is 5.13 Å². The highest BCUT2D eigenvalue weighted by atomic mass is 32.2. The van der Waals surface area contributed by atoms with Gasteiger partial charge in [-0.25, -0.2) is 17.8 Å². The number of hydrogen-bond acceptors (Lipinski definition) is 6. The number of thiazole rings is 1. The number of aromatic nitrogens is 3. The number of amides is 1. The van der Waals surface area contributed by atoms with E-state index in [0.29, 0.717) is 40.0 Å². The maximum atomic E-state index is 14.1. The van der Waals surface area contributed by atoms with E-state index in [0.717, 1.165) is 25.7 Å². The number of halogens is 1. The first-order valence-electron chi connectivity index (χ1n) is 12.3. The Kier molecular flexibility index (Phi) is 8.35. The number of nitrogens with one attached hydrogen (secondary N) is 1. The van der Waals surface area contributed by atoms with Crippen molar-refractivity contribution in [2.24, 2.45) is 0 Å². The standard InChI is InChI=1S/C26H30FN5O3S2/c1-4-6-15-31(16-7-5-2)37(34,35)20-13-11-19(12-14-20)25(33)28-23-17-18(3)30-32(23)26-29-24-21(27)9-8-10-22(24)36-26/h8-14,17H,4-7,15-16H2,1-3H3,(H,28,33). The van der Waals surface area contributed by atoms with Crippen molar-refractivity contribution in [1.82, 2.24) is 19.1 Å². The molecule has 196 valence electrons. The minimum absolute atomic E-state index is 0.161. The molecule has 0 spiro atoms. The van der Waals surface area contributed by atoms with Crippen molar-refractivity contribution in [3.63, 3.8) is 0 Å². The zero-order chi connectivity index (χ0) is 26.6. The normalized spacial score (nSPS) is 11.9. The topological polar surface area (TPSA) is 97.2 Å².